The molecule has 1 saturated heterocycles. The van der Waals surface area contributed by atoms with Crippen molar-refractivity contribution in [1.82, 2.24) is 10.2 Å². The smallest absolute Gasteiger partial charge is 0.127 e. The van der Waals surface area contributed by atoms with Gasteiger partial charge in [-0.2, -0.15) is 0 Å². The van der Waals surface area contributed by atoms with Gasteiger partial charge in [0.2, 0.25) is 0 Å². The molecule has 0 saturated carbocycles. The van der Waals surface area contributed by atoms with E-state index in [0.717, 1.165) is 44.8 Å². The fourth-order valence-corrected chi connectivity index (χ4v) is 3.65. The van der Waals surface area contributed by atoms with Crippen LogP contribution < -0.4 is 10.2 Å². The Bertz CT molecular complexity index is 695. The summed E-state index contributed by atoms with van der Waals surface area (Å²) < 4.78 is 13.9. The summed E-state index contributed by atoms with van der Waals surface area (Å²) in [5.74, 6) is -0.106. The lowest BCUT2D eigenvalue weighted by Gasteiger charge is -2.31. The number of nitrogens with one attached hydrogen (secondary N) is 1. The second-order valence-electron chi connectivity index (χ2n) is 6.39. The Labute approximate surface area is 136 Å². The molecule has 2 aliphatic rings. The molecule has 0 unspecified atom stereocenters. The van der Waals surface area contributed by atoms with Crippen LogP contribution in [0.3, 0.4) is 0 Å². The Morgan fingerprint density at radius 2 is 1.78 bits per heavy atom. The van der Waals surface area contributed by atoms with Crippen molar-refractivity contribution in [3.8, 4) is 0 Å². The van der Waals surface area contributed by atoms with Crippen molar-refractivity contribution in [1.29, 1.82) is 0 Å². The lowest BCUT2D eigenvalue weighted by molar-refractivity contribution is 0.271. The first kappa shape index (κ1) is 14.7. The lowest BCUT2D eigenvalue weighted by Crippen LogP contribution is -2.43. The van der Waals surface area contributed by atoms with E-state index >= 15 is 0 Å². The van der Waals surface area contributed by atoms with Crippen LogP contribution in [0.15, 0.2) is 42.5 Å². The van der Waals surface area contributed by atoms with E-state index in [1.807, 2.05) is 12.1 Å². The zero-order valence-corrected chi connectivity index (χ0v) is 13.3. The summed E-state index contributed by atoms with van der Waals surface area (Å²) in [5.41, 5.74) is 4.95. The first-order valence-electron chi connectivity index (χ1n) is 8.33. The molecule has 23 heavy (non-hydrogen) atoms. The van der Waals surface area contributed by atoms with Gasteiger partial charge in [-0.25, -0.2) is 4.39 Å². The SMILES string of the molecule is Fc1ccccc1CN1Cc2cccc(N3CCNCC3)c2C1. The molecule has 0 amide bonds. The fraction of sp³-hybridized carbons (Fsp3) is 0.368. The minimum atomic E-state index is -0.106. The topological polar surface area (TPSA) is 18.5 Å². The van der Waals surface area contributed by atoms with E-state index in [2.05, 4.69) is 33.3 Å². The summed E-state index contributed by atoms with van der Waals surface area (Å²) in [7, 11) is 0. The molecule has 3 nitrogen and oxygen atoms in total. The molecule has 2 aliphatic heterocycles. The van der Waals surface area contributed by atoms with Crippen molar-refractivity contribution in [2.24, 2.45) is 0 Å². The average Bonchev–Trinajstić information content (AvgIpc) is 3.00. The summed E-state index contributed by atoms with van der Waals surface area (Å²) in [5, 5.41) is 3.41. The molecule has 0 bridgehead atoms. The molecule has 0 spiro atoms. The molecular formula is C19H22FN3. The van der Waals surface area contributed by atoms with E-state index < -0.39 is 0 Å². The maximum Gasteiger partial charge on any atom is 0.127 e. The number of nitrogens with zero attached hydrogens (tertiary/aromatic N) is 2. The molecular weight excluding hydrogens is 289 g/mol. The molecule has 120 valence electrons. The van der Waals surface area contributed by atoms with Crippen LogP contribution >= 0.6 is 0 Å². The molecule has 0 radical (unpaired) electrons. The highest BCUT2D eigenvalue weighted by Crippen LogP contribution is 2.32. The van der Waals surface area contributed by atoms with Gasteiger partial charge in [0, 0.05) is 57.1 Å². The first-order valence-corrected chi connectivity index (χ1v) is 8.33. The van der Waals surface area contributed by atoms with Crippen LogP contribution in [0.5, 0.6) is 0 Å². The second-order valence-corrected chi connectivity index (χ2v) is 6.39. The van der Waals surface area contributed by atoms with Crippen LogP contribution in [0.2, 0.25) is 0 Å². The van der Waals surface area contributed by atoms with E-state index in [4.69, 9.17) is 0 Å². The minimum absolute atomic E-state index is 0.106. The van der Waals surface area contributed by atoms with Crippen LogP contribution in [0, 0.1) is 5.82 Å². The number of piperazine rings is 1. The molecule has 1 N–H and O–H groups in total. The van der Waals surface area contributed by atoms with Gasteiger partial charge >= 0.3 is 0 Å². The summed E-state index contributed by atoms with van der Waals surface area (Å²) in [6, 6.07) is 13.7. The standard InChI is InChI=1S/C19H22FN3/c20-18-6-2-1-4-16(18)13-22-12-15-5-3-7-19(17(15)14-22)23-10-8-21-9-11-23/h1-7,21H,8-14H2. The third-order valence-corrected chi connectivity index (χ3v) is 4.83. The maximum atomic E-state index is 13.9. The van der Waals surface area contributed by atoms with Crippen LogP contribution in [-0.2, 0) is 19.6 Å². The number of hydrogen-bond donors (Lipinski definition) is 1. The Hall–Kier alpha value is -1.91. The third-order valence-electron chi connectivity index (χ3n) is 4.83. The second kappa shape index (κ2) is 6.30. The number of rotatable bonds is 3. The molecule has 2 heterocycles. The molecule has 2 aromatic carbocycles. The van der Waals surface area contributed by atoms with Gasteiger partial charge in [0.1, 0.15) is 5.82 Å². The van der Waals surface area contributed by atoms with E-state index in [1.54, 1.807) is 12.1 Å². The molecule has 4 heteroatoms. The molecule has 2 aromatic rings. The number of benzene rings is 2. The zero-order chi connectivity index (χ0) is 15.6. The van der Waals surface area contributed by atoms with E-state index in [9.17, 15) is 4.39 Å². The van der Waals surface area contributed by atoms with E-state index in [-0.39, 0.29) is 5.82 Å². The van der Waals surface area contributed by atoms with Crippen LogP contribution in [0.25, 0.3) is 0 Å². The third kappa shape index (κ3) is 2.96. The quantitative estimate of drug-likeness (QED) is 0.940. The Morgan fingerprint density at radius 1 is 0.957 bits per heavy atom. The van der Waals surface area contributed by atoms with Gasteiger partial charge in [0.25, 0.3) is 0 Å². The lowest BCUT2D eigenvalue weighted by atomic mass is 10.1. The summed E-state index contributed by atoms with van der Waals surface area (Å²) >= 11 is 0. The molecule has 0 aromatic heterocycles. The number of halogens is 1. The normalized spacial score (nSPS) is 18.2. The molecule has 1 fully saturated rings. The maximum absolute atomic E-state index is 13.9. The summed E-state index contributed by atoms with van der Waals surface area (Å²) in [4.78, 5) is 4.80. The predicted molar refractivity (Wildman–Crippen MR) is 90.9 cm³/mol. The zero-order valence-electron chi connectivity index (χ0n) is 13.3. The predicted octanol–water partition coefficient (Wildman–Crippen LogP) is 2.75. The van der Waals surface area contributed by atoms with Gasteiger partial charge in [-0.15, -0.1) is 0 Å². The van der Waals surface area contributed by atoms with Gasteiger partial charge in [0.05, 0.1) is 0 Å². The monoisotopic (exact) mass is 311 g/mol. The number of fused-ring (bicyclic) bond motifs is 1. The molecule has 4 rings (SSSR count). The van der Waals surface area contributed by atoms with Crippen molar-refractivity contribution in [2.75, 3.05) is 31.1 Å². The first-order chi connectivity index (χ1) is 11.3. The molecule has 0 atom stereocenters. The van der Waals surface area contributed by atoms with Gasteiger partial charge in [0.15, 0.2) is 0 Å². The van der Waals surface area contributed by atoms with Crippen molar-refractivity contribution < 1.29 is 4.39 Å². The average molecular weight is 311 g/mol. The van der Waals surface area contributed by atoms with Crippen LogP contribution in [-0.4, -0.2) is 31.1 Å². The Balaban J connectivity index is 1.54. The number of anilines is 1. The minimum Gasteiger partial charge on any atom is -0.369 e. The van der Waals surface area contributed by atoms with Crippen molar-refractivity contribution in [3.63, 3.8) is 0 Å². The highest BCUT2D eigenvalue weighted by Gasteiger charge is 2.24. The van der Waals surface area contributed by atoms with E-state index in [1.165, 1.54) is 16.8 Å². The van der Waals surface area contributed by atoms with E-state index in [0.29, 0.717) is 6.54 Å². The highest BCUT2D eigenvalue weighted by molar-refractivity contribution is 5.58. The highest BCUT2D eigenvalue weighted by atomic mass is 19.1. The number of hydrogen-bond acceptors (Lipinski definition) is 3. The van der Waals surface area contributed by atoms with Gasteiger partial charge in [-0.1, -0.05) is 30.3 Å². The van der Waals surface area contributed by atoms with Crippen LogP contribution in [0.1, 0.15) is 16.7 Å². The van der Waals surface area contributed by atoms with Crippen molar-refractivity contribution >= 4 is 5.69 Å². The Kier molecular flexibility index (Phi) is 4.02. The largest absolute Gasteiger partial charge is 0.369 e. The van der Waals surface area contributed by atoms with Crippen LogP contribution in [0.4, 0.5) is 10.1 Å². The van der Waals surface area contributed by atoms with Crippen molar-refractivity contribution in [2.45, 2.75) is 19.6 Å². The molecule has 0 aliphatic carbocycles. The van der Waals surface area contributed by atoms with Gasteiger partial charge in [-0.3, -0.25) is 4.90 Å². The summed E-state index contributed by atoms with van der Waals surface area (Å²) in [6.07, 6.45) is 0. The van der Waals surface area contributed by atoms with Crippen molar-refractivity contribution in [3.05, 3.63) is 65.0 Å². The summed E-state index contributed by atoms with van der Waals surface area (Å²) in [6.45, 7) is 6.69. The Morgan fingerprint density at radius 3 is 2.61 bits per heavy atom. The van der Waals surface area contributed by atoms with Gasteiger partial charge < -0.3 is 10.2 Å². The van der Waals surface area contributed by atoms with Gasteiger partial charge in [-0.05, 0) is 23.3 Å². The fourth-order valence-electron chi connectivity index (χ4n) is 3.65.